The summed E-state index contributed by atoms with van der Waals surface area (Å²) in [5, 5.41) is 2.86. The van der Waals surface area contributed by atoms with Crippen LogP contribution in [0.1, 0.15) is 35.7 Å². The van der Waals surface area contributed by atoms with Gasteiger partial charge in [0.1, 0.15) is 5.75 Å². The smallest absolute Gasteiger partial charge is 0.254 e. The zero-order valence-corrected chi connectivity index (χ0v) is 14.5. The molecule has 0 fully saturated rings. The lowest BCUT2D eigenvalue weighted by molar-refractivity contribution is 0.0950. The number of hydrogen-bond donors (Lipinski definition) is 1. The van der Waals surface area contributed by atoms with Gasteiger partial charge in [-0.1, -0.05) is 31.5 Å². The molecule has 6 heteroatoms. The minimum Gasteiger partial charge on any atom is -0.496 e. The van der Waals surface area contributed by atoms with Crippen molar-refractivity contribution in [2.45, 2.75) is 26.3 Å². The molecule has 1 aromatic heterocycles. The van der Waals surface area contributed by atoms with Crippen LogP contribution < -0.4 is 15.0 Å². The summed E-state index contributed by atoms with van der Waals surface area (Å²) in [6.07, 6.45) is 5.32. The van der Waals surface area contributed by atoms with E-state index in [0.29, 0.717) is 18.1 Å². The fourth-order valence-electron chi connectivity index (χ4n) is 2.26. The average molecular weight is 328 g/mol. The molecule has 0 aliphatic carbocycles. The van der Waals surface area contributed by atoms with Gasteiger partial charge in [-0.2, -0.15) is 0 Å². The average Bonchev–Trinajstić information content (AvgIpc) is 2.64. The topological polar surface area (TPSA) is 67.4 Å². The molecule has 0 radical (unpaired) electrons. The zero-order chi connectivity index (χ0) is 17.4. The van der Waals surface area contributed by atoms with Crippen LogP contribution in [0.2, 0.25) is 0 Å². The van der Waals surface area contributed by atoms with Crippen LogP contribution in [0.5, 0.6) is 5.75 Å². The first kappa shape index (κ1) is 17.7. The van der Waals surface area contributed by atoms with E-state index in [1.165, 1.54) is 0 Å². The van der Waals surface area contributed by atoms with Crippen molar-refractivity contribution < 1.29 is 9.53 Å². The third-order valence-corrected chi connectivity index (χ3v) is 3.72. The number of methoxy groups -OCH3 is 1. The zero-order valence-electron chi connectivity index (χ0n) is 14.5. The van der Waals surface area contributed by atoms with Crippen molar-refractivity contribution in [2.24, 2.45) is 0 Å². The molecule has 0 saturated carbocycles. The molecule has 1 amide bonds. The van der Waals surface area contributed by atoms with Gasteiger partial charge in [0.25, 0.3) is 5.91 Å². The van der Waals surface area contributed by atoms with Crippen molar-refractivity contribution in [3.05, 3.63) is 47.8 Å². The number of benzene rings is 1. The van der Waals surface area contributed by atoms with Gasteiger partial charge in [0.15, 0.2) is 0 Å². The van der Waals surface area contributed by atoms with E-state index < -0.39 is 0 Å². The lowest BCUT2D eigenvalue weighted by Gasteiger charge is -2.16. The maximum atomic E-state index is 12.2. The SMILES string of the molecule is CCCCN(C)c1ncc(C(=O)NCc2ccccc2OC)cn1. The standard InChI is InChI=1S/C18H24N4O2/c1-4-5-10-22(2)18-20-12-15(13-21-18)17(23)19-11-14-8-6-7-9-16(14)24-3/h6-9,12-13H,4-5,10-11H2,1-3H3,(H,19,23). The van der Waals surface area contributed by atoms with E-state index >= 15 is 0 Å². The quantitative estimate of drug-likeness (QED) is 0.807. The minimum atomic E-state index is -0.205. The van der Waals surface area contributed by atoms with Gasteiger partial charge >= 0.3 is 0 Å². The van der Waals surface area contributed by atoms with E-state index in [9.17, 15) is 4.79 Å². The lowest BCUT2D eigenvalue weighted by atomic mass is 10.2. The van der Waals surface area contributed by atoms with Crippen molar-refractivity contribution in [2.75, 3.05) is 25.6 Å². The predicted molar refractivity (Wildman–Crippen MR) is 94.4 cm³/mol. The highest BCUT2D eigenvalue weighted by molar-refractivity contribution is 5.93. The molecule has 128 valence electrons. The molecule has 1 N–H and O–H groups in total. The molecule has 0 atom stereocenters. The van der Waals surface area contributed by atoms with Gasteiger partial charge in [-0.15, -0.1) is 0 Å². The number of anilines is 1. The Bertz CT molecular complexity index is 658. The summed E-state index contributed by atoms with van der Waals surface area (Å²) in [5.74, 6) is 1.18. The van der Waals surface area contributed by atoms with Gasteiger partial charge in [-0.05, 0) is 12.5 Å². The third kappa shape index (κ3) is 4.68. The maximum Gasteiger partial charge on any atom is 0.254 e. The Morgan fingerprint density at radius 3 is 2.62 bits per heavy atom. The van der Waals surface area contributed by atoms with E-state index in [0.717, 1.165) is 30.7 Å². The molecule has 1 aromatic carbocycles. The molecule has 0 bridgehead atoms. The third-order valence-electron chi connectivity index (χ3n) is 3.72. The summed E-state index contributed by atoms with van der Waals surface area (Å²) < 4.78 is 5.28. The van der Waals surface area contributed by atoms with Gasteiger partial charge in [0.05, 0.1) is 12.7 Å². The molecule has 2 rings (SSSR count). The summed E-state index contributed by atoms with van der Waals surface area (Å²) in [5.41, 5.74) is 1.36. The van der Waals surface area contributed by atoms with Gasteiger partial charge in [-0.3, -0.25) is 4.79 Å². The maximum absolute atomic E-state index is 12.2. The number of para-hydroxylation sites is 1. The normalized spacial score (nSPS) is 10.3. The van der Waals surface area contributed by atoms with E-state index in [1.807, 2.05) is 36.2 Å². The predicted octanol–water partition coefficient (Wildman–Crippen LogP) is 2.65. The Kier molecular flexibility index (Phi) is 6.54. The highest BCUT2D eigenvalue weighted by Crippen LogP contribution is 2.16. The Morgan fingerprint density at radius 1 is 1.25 bits per heavy atom. The van der Waals surface area contributed by atoms with Crippen LogP contribution in [-0.4, -0.2) is 36.6 Å². The first-order valence-electron chi connectivity index (χ1n) is 8.09. The van der Waals surface area contributed by atoms with Crippen LogP contribution >= 0.6 is 0 Å². The summed E-state index contributed by atoms with van der Waals surface area (Å²) >= 11 is 0. The van der Waals surface area contributed by atoms with Crippen molar-refractivity contribution >= 4 is 11.9 Å². The Balaban J connectivity index is 1.95. The monoisotopic (exact) mass is 328 g/mol. The molecule has 0 unspecified atom stereocenters. The number of rotatable bonds is 8. The lowest BCUT2D eigenvalue weighted by Crippen LogP contribution is -2.25. The molecule has 24 heavy (non-hydrogen) atoms. The molecule has 1 heterocycles. The highest BCUT2D eigenvalue weighted by atomic mass is 16.5. The number of unbranched alkanes of at least 4 members (excludes halogenated alkanes) is 1. The fraction of sp³-hybridized carbons (Fsp3) is 0.389. The first-order chi connectivity index (χ1) is 11.7. The van der Waals surface area contributed by atoms with Gasteiger partial charge in [0.2, 0.25) is 5.95 Å². The Hall–Kier alpha value is -2.63. The number of nitrogens with one attached hydrogen (secondary N) is 1. The van der Waals surface area contributed by atoms with Crippen LogP contribution in [0, 0.1) is 0 Å². The summed E-state index contributed by atoms with van der Waals surface area (Å²) in [7, 11) is 3.56. The van der Waals surface area contributed by atoms with Crippen LogP contribution in [0.4, 0.5) is 5.95 Å². The van der Waals surface area contributed by atoms with Crippen molar-refractivity contribution in [1.29, 1.82) is 0 Å². The van der Waals surface area contributed by atoms with Crippen molar-refractivity contribution in [1.82, 2.24) is 15.3 Å². The number of ether oxygens (including phenoxy) is 1. The number of carbonyl (C=O) groups is 1. The second kappa shape index (κ2) is 8.86. The largest absolute Gasteiger partial charge is 0.496 e. The molecule has 6 nitrogen and oxygen atoms in total. The number of hydrogen-bond acceptors (Lipinski definition) is 5. The second-order valence-electron chi connectivity index (χ2n) is 5.54. The number of nitrogens with zero attached hydrogens (tertiary/aromatic N) is 3. The fourth-order valence-corrected chi connectivity index (χ4v) is 2.26. The van der Waals surface area contributed by atoms with Gasteiger partial charge in [-0.25, -0.2) is 9.97 Å². The Labute approximate surface area is 142 Å². The van der Waals surface area contributed by atoms with E-state index in [4.69, 9.17) is 4.74 Å². The van der Waals surface area contributed by atoms with Crippen molar-refractivity contribution in [3.63, 3.8) is 0 Å². The van der Waals surface area contributed by atoms with E-state index in [2.05, 4.69) is 22.2 Å². The van der Waals surface area contributed by atoms with Crippen LogP contribution in [-0.2, 0) is 6.54 Å². The summed E-state index contributed by atoms with van der Waals surface area (Å²) in [4.78, 5) is 22.8. The first-order valence-corrected chi connectivity index (χ1v) is 8.09. The number of aromatic nitrogens is 2. The number of carbonyl (C=O) groups excluding carboxylic acids is 1. The molecule has 0 aliphatic rings. The van der Waals surface area contributed by atoms with E-state index in [1.54, 1.807) is 19.5 Å². The van der Waals surface area contributed by atoms with E-state index in [-0.39, 0.29) is 5.91 Å². The molecular weight excluding hydrogens is 304 g/mol. The number of amides is 1. The molecule has 2 aromatic rings. The minimum absolute atomic E-state index is 0.205. The van der Waals surface area contributed by atoms with Crippen LogP contribution in [0.25, 0.3) is 0 Å². The van der Waals surface area contributed by atoms with Crippen LogP contribution in [0.15, 0.2) is 36.7 Å². The molecule has 0 aliphatic heterocycles. The second-order valence-corrected chi connectivity index (χ2v) is 5.54. The van der Waals surface area contributed by atoms with Gasteiger partial charge < -0.3 is 15.0 Å². The summed E-state index contributed by atoms with van der Waals surface area (Å²) in [6.45, 7) is 3.43. The van der Waals surface area contributed by atoms with Crippen LogP contribution in [0.3, 0.4) is 0 Å². The van der Waals surface area contributed by atoms with Gasteiger partial charge in [0, 0.05) is 38.1 Å². The van der Waals surface area contributed by atoms with Crippen molar-refractivity contribution in [3.8, 4) is 5.75 Å². The Morgan fingerprint density at radius 2 is 1.96 bits per heavy atom. The molecule has 0 spiro atoms. The molecular formula is C18H24N4O2. The highest BCUT2D eigenvalue weighted by Gasteiger charge is 2.10. The summed E-state index contributed by atoms with van der Waals surface area (Å²) in [6, 6.07) is 7.59. The molecule has 0 saturated heterocycles.